The van der Waals surface area contributed by atoms with Crippen LogP contribution in [0.15, 0.2) is 170 Å². The molecule has 0 saturated carbocycles. The second kappa shape index (κ2) is 15.0. The zero-order valence-electron chi connectivity index (χ0n) is 27.0. The van der Waals surface area contributed by atoms with Crippen LogP contribution in [0.4, 0.5) is 0 Å². The molecule has 0 bridgehead atoms. The molecule has 2 heterocycles. The highest BCUT2D eigenvalue weighted by molar-refractivity contribution is 14.1. The van der Waals surface area contributed by atoms with Gasteiger partial charge in [0.2, 0.25) is 5.66 Å². The molecule has 2 aliphatic rings. The van der Waals surface area contributed by atoms with Crippen molar-refractivity contribution in [3.05, 3.63) is 202 Å². The van der Waals surface area contributed by atoms with E-state index in [9.17, 15) is 0 Å². The Morgan fingerprint density at radius 1 is 0.481 bits per heavy atom. The number of halogens is 6. The van der Waals surface area contributed by atoms with Crippen molar-refractivity contribution in [2.24, 2.45) is 15.0 Å². The zero-order chi connectivity index (χ0) is 36.1. The van der Waals surface area contributed by atoms with Gasteiger partial charge >= 0.3 is 0 Å². The molecule has 4 nitrogen and oxygen atoms in total. The third-order valence-electron chi connectivity index (χ3n) is 9.49. The summed E-state index contributed by atoms with van der Waals surface area (Å²) in [6.07, 6.45) is 1.91. The highest BCUT2D eigenvalue weighted by Gasteiger charge is 2.65. The second-order valence-electron chi connectivity index (χ2n) is 12.5. The fraction of sp³-hybridized carbons (Fsp3) is 0.0714. The first-order chi connectivity index (χ1) is 25.1. The molecule has 0 aromatic heterocycles. The van der Waals surface area contributed by atoms with Gasteiger partial charge in [-0.15, -0.1) is 0 Å². The second-order valence-corrected chi connectivity index (χ2v) is 19.2. The molecule has 8 rings (SSSR count). The summed E-state index contributed by atoms with van der Waals surface area (Å²) in [6.45, 7) is 0. The Hall–Kier alpha value is -1.83. The van der Waals surface area contributed by atoms with Crippen LogP contribution in [0.3, 0.4) is 0 Å². The summed E-state index contributed by atoms with van der Waals surface area (Å²) in [5.41, 5.74) is 4.08. The minimum absolute atomic E-state index is 0.785. The Morgan fingerprint density at radius 2 is 0.923 bits per heavy atom. The van der Waals surface area contributed by atoms with Gasteiger partial charge in [-0.2, -0.15) is 0 Å². The highest BCUT2D eigenvalue weighted by atomic mass is 127. The van der Waals surface area contributed by atoms with Crippen molar-refractivity contribution < 1.29 is 0 Å². The maximum atomic E-state index is 6.04. The monoisotopic (exact) mass is 1250 g/mol. The van der Waals surface area contributed by atoms with E-state index >= 15 is 0 Å². The van der Waals surface area contributed by atoms with Gasteiger partial charge in [0, 0.05) is 39.9 Å². The number of hydrogen-bond donors (Lipinski definition) is 1. The number of benzene rings is 6. The van der Waals surface area contributed by atoms with Crippen LogP contribution in [0, 0.1) is 14.3 Å². The summed E-state index contributed by atoms with van der Waals surface area (Å²) in [5, 5.41) is 4.32. The summed E-state index contributed by atoms with van der Waals surface area (Å²) in [6, 6.07) is 51.2. The average molecular weight is 1250 g/mol. The number of nitrogens with zero attached hydrogens (tertiary/aromatic N) is 3. The van der Waals surface area contributed by atoms with E-state index in [1.807, 2.05) is 24.4 Å². The predicted molar refractivity (Wildman–Crippen MR) is 254 cm³/mol. The summed E-state index contributed by atoms with van der Waals surface area (Å²) >= 11 is 17.4. The van der Waals surface area contributed by atoms with Gasteiger partial charge in [-0.1, -0.05) is 117 Å². The van der Waals surface area contributed by atoms with Gasteiger partial charge in [0.1, 0.15) is 5.54 Å². The molecule has 0 saturated heterocycles. The molecule has 0 spiro atoms. The van der Waals surface area contributed by atoms with Gasteiger partial charge in [0.05, 0.1) is 17.6 Å². The first-order valence-electron chi connectivity index (χ1n) is 16.2. The van der Waals surface area contributed by atoms with E-state index in [1.165, 1.54) is 0 Å². The van der Waals surface area contributed by atoms with Crippen LogP contribution in [0.25, 0.3) is 0 Å². The summed E-state index contributed by atoms with van der Waals surface area (Å²) in [5.74, 6) is 0. The Kier molecular flexibility index (Phi) is 10.7. The van der Waals surface area contributed by atoms with Crippen LogP contribution in [0.5, 0.6) is 0 Å². The molecular formula is C42H26Br2I4N4. The Labute approximate surface area is 374 Å². The first kappa shape index (κ1) is 37.1. The maximum Gasteiger partial charge on any atom is 0.219 e. The normalized spacial score (nSPS) is 20.5. The van der Waals surface area contributed by atoms with Crippen molar-refractivity contribution in [2.75, 3.05) is 0 Å². The van der Waals surface area contributed by atoms with Crippen molar-refractivity contribution in [1.82, 2.24) is 5.32 Å². The molecule has 0 aliphatic carbocycles. The van der Waals surface area contributed by atoms with Crippen LogP contribution in [-0.4, -0.2) is 17.6 Å². The van der Waals surface area contributed by atoms with Crippen molar-refractivity contribution in [1.29, 1.82) is 0 Å². The lowest BCUT2D eigenvalue weighted by Crippen LogP contribution is -2.59. The quantitative estimate of drug-likeness (QED) is 0.159. The van der Waals surface area contributed by atoms with Gasteiger partial charge < -0.3 is 0 Å². The minimum atomic E-state index is -1.29. The number of aliphatic imine (C=N–C) groups is 3. The number of nitrogens with one attached hydrogen (secondary N) is 1. The van der Waals surface area contributed by atoms with Crippen LogP contribution >= 0.6 is 122 Å². The van der Waals surface area contributed by atoms with Crippen molar-refractivity contribution in [3.8, 4) is 0 Å². The van der Waals surface area contributed by atoms with E-state index in [-0.39, 0.29) is 0 Å². The number of rotatable bonds is 7. The van der Waals surface area contributed by atoms with Crippen LogP contribution < -0.4 is 5.32 Å². The van der Waals surface area contributed by atoms with Gasteiger partial charge in [0.25, 0.3) is 0 Å². The van der Waals surface area contributed by atoms with Crippen LogP contribution in [0.2, 0.25) is 0 Å². The molecule has 6 aromatic carbocycles. The molecule has 1 N–H and O–H groups in total. The van der Waals surface area contributed by atoms with Gasteiger partial charge in [-0.25, -0.2) is 4.99 Å². The van der Waals surface area contributed by atoms with E-state index in [2.05, 4.69) is 255 Å². The third-order valence-corrected chi connectivity index (χ3v) is 13.7. The SMILES string of the molecule is Brc1ccccc1C1(C2(c3ccccc3Br)N=C(c3ccc(I)cc3)C(c3ccc(I)cc3)(c3ccc(I)cc3)N2)N=CC(c2ccc(I)cc2)=N1. The van der Waals surface area contributed by atoms with E-state index in [0.717, 1.165) is 68.0 Å². The van der Waals surface area contributed by atoms with Gasteiger partial charge in [0.15, 0.2) is 5.66 Å². The summed E-state index contributed by atoms with van der Waals surface area (Å²) in [7, 11) is 0. The summed E-state index contributed by atoms with van der Waals surface area (Å²) < 4.78 is 6.39. The molecule has 2 aliphatic heterocycles. The Morgan fingerprint density at radius 3 is 1.42 bits per heavy atom. The van der Waals surface area contributed by atoms with Crippen molar-refractivity contribution >= 4 is 140 Å². The first-order valence-corrected chi connectivity index (χ1v) is 22.1. The lowest BCUT2D eigenvalue weighted by molar-refractivity contribution is 0.179. The maximum absolute atomic E-state index is 6.04. The highest BCUT2D eigenvalue weighted by Crippen LogP contribution is 2.57. The fourth-order valence-electron chi connectivity index (χ4n) is 7.11. The lowest BCUT2D eigenvalue weighted by Gasteiger charge is -2.45. The summed E-state index contributed by atoms with van der Waals surface area (Å²) in [4.78, 5) is 17.3. The molecule has 256 valence electrons. The topological polar surface area (TPSA) is 49.1 Å². The zero-order valence-corrected chi connectivity index (χ0v) is 38.8. The number of hydrogen-bond acceptors (Lipinski definition) is 4. The van der Waals surface area contributed by atoms with E-state index in [0.29, 0.717) is 0 Å². The standard InChI is InChI=1S/C42H26Br2I4N4/c43-36-7-3-1-5-34(36)41(49-25-38(50-41)26-9-17-30(45)18-10-26)42(35-6-2-4-8-37(35)44)51-39(27-11-19-31(46)20-12-27)40(52-42,28-13-21-32(47)22-14-28)29-15-23-33(48)24-16-29/h1-25,52H. The van der Waals surface area contributed by atoms with Gasteiger partial charge in [-0.05, 0) is 168 Å². The molecule has 6 aromatic rings. The minimum Gasteiger partial charge on any atom is -0.267 e. The van der Waals surface area contributed by atoms with Crippen molar-refractivity contribution in [2.45, 2.75) is 16.9 Å². The molecule has 2 atom stereocenters. The molecule has 0 amide bonds. The lowest BCUT2D eigenvalue weighted by atomic mass is 9.75. The fourth-order valence-corrected chi connectivity index (χ4v) is 9.68. The van der Waals surface area contributed by atoms with E-state index in [1.54, 1.807) is 0 Å². The third kappa shape index (κ3) is 6.42. The average Bonchev–Trinajstić information content (AvgIpc) is 3.77. The molecule has 0 fully saturated rings. The van der Waals surface area contributed by atoms with E-state index < -0.39 is 16.9 Å². The van der Waals surface area contributed by atoms with E-state index in [4.69, 9.17) is 15.0 Å². The Bertz CT molecular complexity index is 2350. The van der Waals surface area contributed by atoms with Crippen LogP contribution in [0.1, 0.15) is 33.4 Å². The molecule has 0 radical (unpaired) electrons. The molecule has 10 heteroatoms. The van der Waals surface area contributed by atoms with Crippen LogP contribution in [-0.2, 0) is 16.9 Å². The smallest absolute Gasteiger partial charge is 0.219 e. The van der Waals surface area contributed by atoms with Crippen molar-refractivity contribution in [3.63, 3.8) is 0 Å². The van der Waals surface area contributed by atoms with Gasteiger partial charge in [-0.3, -0.25) is 15.3 Å². The predicted octanol–water partition coefficient (Wildman–Crippen LogP) is 12.2. The molecular weight excluding hydrogens is 1230 g/mol. The molecule has 2 unspecified atom stereocenters. The molecule has 52 heavy (non-hydrogen) atoms. The largest absolute Gasteiger partial charge is 0.267 e. The Balaban J connectivity index is 1.54.